The molecule has 35 heavy (non-hydrogen) atoms. The molecule has 1 amide bonds. The van der Waals surface area contributed by atoms with E-state index in [1.807, 2.05) is 6.92 Å². The van der Waals surface area contributed by atoms with Crippen LogP contribution in [0.15, 0.2) is 21.7 Å². The molecule has 4 N–H and O–H groups in total. The van der Waals surface area contributed by atoms with E-state index in [0.717, 1.165) is 32.1 Å². The molecular formula is C24H37N5O6. The fraction of sp³-hybridized carbons (Fsp3) is 0.542. The number of ether oxygens (including phenoxy) is 3. The number of carbonyl (C=O) groups excluding carboxylic acids is 1. The number of aromatic amines is 1. The van der Waals surface area contributed by atoms with Gasteiger partial charge in [-0.15, -0.1) is 0 Å². The average molecular weight is 492 g/mol. The molecule has 11 nitrogen and oxygen atoms in total. The summed E-state index contributed by atoms with van der Waals surface area (Å²) in [5, 5.41) is 2.81. The van der Waals surface area contributed by atoms with E-state index in [2.05, 4.69) is 17.2 Å². The molecule has 0 spiro atoms. The Bertz CT molecular complexity index is 1090. The number of hydrogen-bond acceptors (Lipinski definition) is 8. The van der Waals surface area contributed by atoms with Gasteiger partial charge in [0.05, 0.1) is 27.9 Å². The Labute approximate surface area is 205 Å². The summed E-state index contributed by atoms with van der Waals surface area (Å²) < 4.78 is 17.4. The zero-order valence-corrected chi connectivity index (χ0v) is 21.2. The minimum atomic E-state index is -0.614. The first-order valence-electron chi connectivity index (χ1n) is 11.8. The molecule has 11 heteroatoms. The van der Waals surface area contributed by atoms with E-state index in [9.17, 15) is 14.4 Å². The molecule has 1 heterocycles. The van der Waals surface area contributed by atoms with Gasteiger partial charge in [-0.05, 0) is 12.8 Å². The molecule has 0 aliphatic rings. The second-order valence-electron chi connectivity index (χ2n) is 8.09. The Morgan fingerprint density at radius 2 is 1.66 bits per heavy atom. The van der Waals surface area contributed by atoms with Gasteiger partial charge in [0, 0.05) is 30.9 Å². The third-order valence-corrected chi connectivity index (χ3v) is 5.58. The van der Waals surface area contributed by atoms with Crippen LogP contribution in [0.3, 0.4) is 0 Å². The van der Waals surface area contributed by atoms with Crippen molar-refractivity contribution in [1.29, 1.82) is 0 Å². The van der Waals surface area contributed by atoms with E-state index in [0.29, 0.717) is 36.0 Å². The molecule has 0 unspecified atom stereocenters. The van der Waals surface area contributed by atoms with E-state index in [-0.39, 0.29) is 24.0 Å². The summed E-state index contributed by atoms with van der Waals surface area (Å²) in [7, 11) is 4.47. The first-order chi connectivity index (χ1) is 16.8. The topological polar surface area (TPSA) is 141 Å². The van der Waals surface area contributed by atoms with Crippen LogP contribution in [0.1, 0.15) is 46.0 Å². The van der Waals surface area contributed by atoms with Crippen molar-refractivity contribution in [2.24, 2.45) is 0 Å². The lowest BCUT2D eigenvalue weighted by Crippen LogP contribution is -2.42. The van der Waals surface area contributed by atoms with Crippen LogP contribution in [-0.2, 0) is 11.3 Å². The third kappa shape index (κ3) is 6.93. The molecule has 0 radical (unpaired) electrons. The number of nitrogens with two attached hydrogens (primary N) is 1. The van der Waals surface area contributed by atoms with Crippen molar-refractivity contribution in [3.63, 3.8) is 0 Å². The van der Waals surface area contributed by atoms with Gasteiger partial charge in [-0.2, -0.15) is 0 Å². The molecule has 1 aromatic heterocycles. The molecule has 0 fully saturated rings. The summed E-state index contributed by atoms with van der Waals surface area (Å²) in [6.45, 7) is 4.73. The van der Waals surface area contributed by atoms with E-state index < -0.39 is 11.2 Å². The van der Waals surface area contributed by atoms with Gasteiger partial charge in [-0.25, -0.2) is 4.79 Å². The van der Waals surface area contributed by atoms with Crippen LogP contribution < -0.4 is 41.4 Å². The molecule has 194 valence electrons. The summed E-state index contributed by atoms with van der Waals surface area (Å²) in [6, 6.07) is 3.24. The van der Waals surface area contributed by atoms with Crippen LogP contribution in [-0.4, -0.2) is 49.9 Å². The molecule has 0 bridgehead atoms. The van der Waals surface area contributed by atoms with Crippen molar-refractivity contribution in [2.75, 3.05) is 50.4 Å². The Balaban J connectivity index is 2.38. The van der Waals surface area contributed by atoms with Crippen LogP contribution in [0.5, 0.6) is 17.2 Å². The molecule has 0 saturated carbocycles. The number of amides is 1. The summed E-state index contributed by atoms with van der Waals surface area (Å²) in [5.74, 6) is 0.879. The van der Waals surface area contributed by atoms with Crippen molar-refractivity contribution in [3.05, 3.63) is 33.0 Å². The lowest BCUT2D eigenvalue weighted by Gasteiger charge is -2.26. The standard InChI is InChI=1S/C24H37N5O6/c1-6-8-10-11-28(20-22(25)29(12-9-7-2)24(32)27-23(20)31)15-19(30)26-16-13-17(33-3)21(35-5)18(14-16)34-4/h13-14H,6-12,15,25H2,1-5H3,(H,26,30)(H,27,31,32). The Morgan fingerprint density at radius 1 is 1.03 bits per heavy atom. The Kier molecular flexibility index (Phi) is 10.5. The summed E-state index contributed by atoms with van der Waals surface area (Å²) in [5.41, 5.74) is 5.68. The number of nitrogen functional groups attached to an aromatic ring is 1. The Morgan fingerprint density at radius 3 is 2.20 bits per heavy atom. The lowest BCUT2D eigenvalue weighted by atomic mass is 10.2. The van der Waals surface area contributed by atoms with Gasteiger partial charge in [0.25, 0.3) is 5.56 Å². The SMILES string of the molecule is CCCCCN(CC(=O)Nc1cc(OC)c(OC)c(OC)c1)c1c(N)n(CCCC)c(=O)[nH]c1=O. The van der Waals surface area contributed by atoms with Crippen LogP contribution in [0.25, 0.3) is 0 Å². The number of benzene rings is 1. The highest BCUT2D eigenvalue weighted by Crippen LogP contribution is 2.39. The number of nitrogens with one attached hydrogen (secondary N) is 2. The fourth-order valence-corrected chi connectivity index (χ4v) is 3.77. The van der Waals surface area contributed by atoms with Crippen LogP contribution >= 0.6 is 0 Å². The zero-order chi connectivity index (χ0) is 26.0. The summed E-state index contributed by atoms with van der Waals surface area (Å²) in [6.07, 6.45) is 4.22. The monoisotopic (exact) mass is 491 g/mol. The van der Waals surface area contributed by atoms with Gasteiger partial charge in [0.15, 0.2) is 11.5 Å². The van der Waals surface area contributed by atoms with Gasteiger partial charge < -0.3 is 30.2 Å². The van der Waals surface area contributed by atoms with Crippen LogP contribution in [0, 0.1) is 0 Å². The number of H-pyrrole nitrogens is 1. The molecule has 0 saturated heterocycles. The Hall–Kier alpha value is -3.63. The smallest absolute Gasteiger partial charge is 0.330 e. The maximum atomic E-state index is 13.0. The van der Waals surface area contributed by atoms with Gasteiger partial charge >= 0.3 is 5.69 Å². The van der Waals surface area contributed by atoms with Crippen molar-refractivity contribution >= 4 is 23.1 Å². The number of carbonyl (C=O) groups is 1. The van der Waals surface area contributed by atoms with E-state index in [1.165, 1.54) is 25.9 Å². The van der Waals surface area contributed by atoms with E-state index in [1.54, 1.807) is 17.0 Å². The highest BCUT2D eigenvalue weighted by atomic mass is 16.5. The molecule has 2 rings (SSSR count). The van der Waals surface area contributed by atoms with E-state index >= 15 is 0 Å². The number of aromatic nitrogens is 2. The molecular weight excluding hydrogens is 454 g/mol. The molecule has 2 aromatic rings. The predicted molar refractivity (Wildman–Crippen MR) is 137 cm³/mol. The second kappa shape index (κ2) is 13.3. The highest BCUT2D eigenvalue weighted by Gasteiger charge is 2.22. The number of methoxy groups -OCH3 is 3. The number of unbranched alkanes of at least 4 members (excludes halogenated alkanes) is 3. The minimum Gasteiger partial charge on any atom is -0.493 e. The normalized spacial score (nSPS) is 10.7. The van der Waals surface area contributed by atoms with Crippen LogP contribution in [0.2, 0.25) is 0 Å². The van der Waals surface area contributed by atoms with Crippen LogP contribution in [0.4, 0.5) is 17.2 Å². The zero-order valence-electron chi connectivity index (χ0n) is 21.2. The van der Waals surface area contributed by atoms with Crippen molar-refractivity contribution in [1.82, 2.24) is 9.55 Å². The maximum Gasteiger partial charge on any atom is 0.330 e. The number of hydrogen-bond donors (Lipinski definition) is 3. The molecule has 1 aromatic carbocycles. The van der Waals surface area contributed by atoms with E-state index in [4.69, 9.17) is 19.9 Å². The quantitative estimate of drug-likeness (QED) is 0.343. The molecule has 0 atom stereocenters. The lowest BCUT2D eigenvalue weighted by molar-refractivity contribution is -0.115. The van der Waals surface area contributed by atoms with Crippen molar-refractivity contribution in [2.45, 2.75) is 52.5 Å². The fourth-order valence-electron chi connectivity index (χ4n) is 3.77. The van der Waals surface area contributed by atoms with Crippen molar-refractivity contribution < 1.29 is 19.0 Å². The number of anilines is 3. The number of rotatable bonds is 14. The second-order valence-corrected chi connectivity index (χ2v) is 8.09. The number of nitrogens with zero attached hydrogens (tertiary/aromatic N) is 2. The molecule has 0 aliphatic carbocycles. The first kappa shape index (κ1) is 27.6. The van der Waals surface area contributed by atoms with Gasteiger partial charge in [0.2, 0.25) is 11.7 Å². The molecule has 0 aliphatic heterocycles. The average Bonchev–Trinajstić information content (AvgIpc) is 2.82. The minimum absolute atomic E-state index is 0.0595. The van der Waals surface area contributed by atoms with Crippen molar-refractivity contribution in [3.8, 4) is 17.2 Å². The predicted octanol–water partition coefficient (Wildman–Crippen LogP) is 2.58. The third-order valence-electron chi connectivity index (χ3n) is 5.58. The highest BCUT2D eigenvalue weighted by molar-refractivity contribution is 5.95. The summed E-state index contributed by atoms with van der Waals surface area (Å²) >= 11 is 0. The van der Waals surface area contributed by atoms with Gasteiger partial charge in [0.1, 0.15) is 11.5 Å². The summed E-state index contributed by atoms with van der Waals surface area (Å²) in [4.78, 5) is 42.1. The van der Waals surface area contributed by atoms with Gasteiger partial charge in [-0.3, -0.25) is 19.1 Å². The maximum absolute atomic E-state index is 13.0. The largest absolute Gasteiger partial charge is 0.493 e. The van der Waals surface area contributed by atoms with Gasteiger partial charge in [-0.1, -0.05) is 33.1 Å². The first-order valence-corrected chi connectivity index (χ1v) is 11.8.